The first-order valence-corrected chi connectivity index (χ1v) is 5.52. The van der Waals surface area contributed by atoms with E-state index in [9.17, 15) is 4.79 Å². The van der Waals surface area contributed by atoms with E-state index in [-0.39, 0.29) is 5.69 Å². The number of carboxylic acids is 1. The van der Waals surface area contributed by atoms with E-state index in [2.05, 4.69) is 10.3 Å². The topological polar surface area (TPSA) is 77.2 Å². The Morgan fingerprint density at radius 1 is 1.39 bits per heavy atom. The van der Waals surface area contributed by atoms with Crippen LogP contribution >= 0.6 is 0 Å². The van der Waals surface area contributed by atoms with Crippen LogP contribution in [0, 0.1) is 6.92 Å². The van der Waals surface area contributed by atoms with Gasteiger partial charge in [-0.1, -0.05) is 5.21 Å². The summed E-state index contributed by atoms with van der Waals surface area (Å²) in [7, 11) is 0. The molecule has 2 aromatic rings. The van der Waals surface area contributed by atoms with Crippen molar-refractivity contribution in [1.82, 2.24) is 15.0 Å². The molecular formula is C12H13N3O3. The molecule has 0 saturated heterocycles. The third-order valence-electron chi connectivity index (χ3n) is 2.49. The minimum absolute atomic E-state index is 0.0381. The maximum Gasteiger partial charge on any atom is 0.358 e. The number of ether oxygens (including phenoxy) is 1. The first-order valence-electron chi connectivity index (χ1n) is 5.52. The Morgan fingerprint density at radius 2 is 2.06 bits per heavy atom. The molecule has 0 aliphatic carbocycles. The first-order chi connectivity index (χ1) is 8.63. The molecule has 18 heavy (non-hydrogen) atoms. The molecule has 0 aliphatic rings. The summed E-state index contributed by atoms with van der Waals surface area (Å²) in [5.74, 6) is -0.317. The number of benzene rings is 1. The van der Waals surface area contributed by atoms with Crippen LogP contribution in [0.4, 0.5) is 0 Å². The number of hydrogen-bond donors (Lipinski definition) is 1. The van der Waals surface area contributed by atoms with Gasteiger partial charge in [0.15, 0.2) is 5.69 Å². The van der Waals surface area contributed by atoms with Gasteiger partial charge in [0.2, 0.25) is 0 Å². The summed E-state index contributed by atoms with van der Waals surface area (Å²) in [4.78, 5) is 10.9. The van der Waals surface area contributed by atoms with Gasteiger partial charge in [0, 0.05) is 0 Å². The summed E-state index contributed by atoms with van der Waals surface area (Å²) in [6.45, 7) is 4.18. The minimum atomic E-state index is -1.08. The third-order valence-corrected chi connectivity index (χ3v) is 2.49. The van der Waals surface area contributed by atoms with Gasteiger partial charge in [0.25, 0.3) is 0 Å². The molecule has 0 amide bonds. The molecule has 0 unspecified atom stereocenters. The zero-order valence-corrected chi connectivity index (χ0v) is 10.1. The Bertz CT molecular complexity index is 560. The highest BCUT2D eigenvalue weighted by molar-refractivity contribution is 5.86. The van der Waals surface area contributed by atoms with Crippen LogP contribution in [0.2, 0.25) is 0 Å². The fourth-order valence-electron chi connectivity index (χ4n) is 1.62. The molecular weight excluding hydrogens is 234 g/mol. The average Bonchev–Trinajstić information content (AvgIpc) is 2.73. The molecule has 0 bridgehead atoms. The van der Waals surface area contributed by atoms with E-state index in [1.807, 2.05) is 6.92 Å². The van der Waals surface area contributed by atoms with Crippen LogP contribution in [-0.4, -0.2) is 32.7 Å². The number of carboxylic acid groups (broad SMARTS) is 1. The maximum absolute atomic E-state index is 10.9. The highest BCUT2D eigenvalue weighted by Gasteiger charge is 2.15. The van der Waals surface area contributed by atoms with Gasteiger partial charge in [-0.05, 0) is 38.1 Å². The SMILES string of the molecule is CCOc1ccc(-n2nnc(C(=O)O)c2C)cc1. The van der Waals surface area contributed by atoms with Crippen molar-refractivity contribution in [3.05, 3.63) is 35.7 Å². The van der Waals surface area contributed by atoms with Gasteiger partial charge in [-0.3, -0.25) is 0 Å². The summed E-state index contributed by atoms with van der Waals surface area (Å²) < 4.78 is 6.82. The first kappa shape index (κ1) is 12.1. The molecule has 2 rings (SSSR count). The zero-order valence-electron chi connectivity index (χ0n) is 10.1. The molecule has 0 radical (unpaired) electrons. The largest absolute Gasteiger partial charge is 0.494 e. The lowest BCUT2D eigenvalue weighted by atomic mass is 10.3. The van der Waals surface area contributed by atoms with Gasteiger partial charge in [0.1, 0.15) is 5.75 Å². The van der Waals surface area contributed by atoms with Crippen molar-refractivity contribution in [2.75, 3.05) is 6.61 Å². The van der Waals surface area contributed by atoms with Gasteiger partial charge < -0.3 is 9.84 Å². The van der Waals surface area contributed by atoms with Gasteiger partial charge >= 0.3 is 5.97 Å². The maximum atomic E-state index is 10.9. The quantitative estimate of drug-likeness (QED) is 0.889. The predicted molar refractivity (Wildman–Crippen MR) is 64.2 cm³/mol. The van der Waals surface area contributed by atoms with Crippen LogP contribution in [0.15, 0.2) is 24.3 Å². The van der Waals surface area contributed by atoms with Crippen molar-refractivity contribution in [2.24, 2.45) is 0 Å². The minimum Gasteiger partial charge on any atom is -0.494 e. The standard InChI is InChI=1S/C12H13N3O3/c1-3-18-10-6-4-9(5-7-10)15-8(2)11(12(16)17)13-14-15/h4-7H,3H2,1-2H3,(H,16,17). The van der Waals surface area contributed by atoms with E-state index in [1.54, 1.807) is 31.2 Å². The van der Waals surface area contributed by atoms with E-state index in [0.29, 0.717) is 12.3 Å². The fraction of sp³-hybridized carbons (Fsp3) is 0.250. The number of nitrogens with zero attached hydrogens (tertiary/aromatic N) is 3. The summed E-state index contributed by atoms with van der Waals surface area (Å²) in [6, 6.07) is 7.22. The Kier molecular flexibility index (Phi) is 3.27. The van der Waals surface area contributed by atoms with Gasteiger partial charge in [-0.25, -0.2) is 9.48 Å². The summed E-state index contributed by atoms with van der Waals surface area (Å²) in [6.07, 6.45) is 0. The third kappa shape index (κ3) is 2.17. The number of aromatic carboxylic acids is 1. The Labute approximate surface area is 104 Å². The molecule has 1 heterocycles. The number of rotatable bonds is 4. The second kappa shape index (κ2) is 4.87. The monoisotopic (exact) mass is 247 g/mol. The normalized spacial score (nSPS) is 10.3. The number of aromatic nitrogens is 3. The van der Waals surface area contributed by atoms with Crippen LogP contribution in [0.25, 0.3) is 5.69 Å². The number of carbonyl (C=O) groups is 1. The van der Waals surface area contributed by atoms with Crippen LogP contribution in [0.1, 0.15) is 23.1 Å². The second-order valence-corrected chi connectivity index (χ2v) is 3.67. The van der Waals surface area contributed by atoms with Crippen molar-refractivity contribution >= 4 is 5.97 Å². The average molecular weight is 247 g/mol. The fourth-order valence-corrected chi connectivity index (χ4v) is 1.62. The zero-order chi connectivity index (χ0) is 13.1. The van der Waals surface area contributed by atoms with E-state index in [4.69, 9.17) is 9.84 Å². The molecule has 6 heteroatoms. The van der Waals surface area contributed by atoms with E-state index in [0.717, 1.165) is 11.4 Å². The van der Waals surface area contributed by atoms with Crippen LogP contribution in [-0.2, 0) is 0 Å². The lowest BCUT2D eigenvalue weighted by Gasteiger charge is -2.05. The van der Waals surface area contributed by atoms with Gasteiger partial charge in [0.05, 0.1) is 18.0 Å². The van der Waals surface area contributed by atoms with Crippen molar-refractivity contribution in [3.8, 4) is 11.4 Å². The van der Waals surface area contributed by atoms with E-state index >= 15 is 0 Å². The van der Waals surface area contributed by atoms with Gasteiger partial charge in [-0.2, -0.15) is 0 Å². The Balaban J connectivity index is 2.34. The molecule has 0 fully saturated rings. The lowest BCUT2D eigenvalue weighted by Crippen LogP contribution is -2.02. The Hall–Kier alpha value is -2.37. The molecule has 1 aromatic heterocycles. The Morgan fingerprint density at radius 3 is 2.56 bits per heavy atom. The van der Waals surface area contributed by atoms with Crippen LogP contribution in [0.5, 0.6) is 5.75 Å². The smallest absolute Gasteiger partial charge is 0.358 e. The summed E-state index contributed by atoms with van der Waals surface area (Å²) in [5, 5.41) is 16.4. The van der Waals surface area contributed by atoms with Crippen LogP contribution in [0.3, 0.4) is 0 Å². The van der Waals surface area contributed by atoms with Gasteiger partial charge in [-0.15, -0.1) is 5.10 Å². The summed E-state index contributed by atoms with van der Waals surface area (Å²) in [5.41, 5.74) is 1.20. The van der Waals surface area contributed by atoms with Crippen molar-refractivity contribution < 1.29 is 14.6 Å². The van der Waals surface area contributed by atoms with Crippen molar-refractivity contribution in [2.45, 2.75) is 13.8 Å². The van der Waals surface area contributed by atoms with E-state index < -0.39 is 5.97 Å². The van der Waals surface area contributed by atoms with Crippen LogP contribution < -0.4 is 4.74 Å². The van der Waals surface area contributed by atoms with Crippen molar-refractivity contribution in [3.63, 3.8) is 0 Å². The highest BCUT2D eigenvalue weighted by atomic mass is 16.5. The van der Waals surface area contributed by atoms with Crippen molar-refractivity contribution in [1.29, 1.82) is 0 Å². The summed E-state index contributed by atoms with van der Waals surface area (Å²) >= 11 is 0. The molecule has 0 aliphatic heterocycles. The molecule has 1 aromatic carbocycles. The molecule has 0 spiro atoms. The molecule has 0 saturated carbocycles. The molecule has 6 nitrogen and oxygen atoms in total. The van der Waals surface area contributed by atoms with E-state index in [1.165, 1.54) is 4.68 Å². The number of hydrogen-bond acceptors (Lipinski definition) is 4. The predicted octanol–water partition coefficient (Wildman–Crippen LogP) is 1.67. The molecule has 94 valence electrons. The highest BCUT2D eigenvalue weighted by Crippen LogP contribution is 2.17. The lowest BCUT2D eigenvalue weighted by molar-refractivity contribution is 0.0689. The molecule has 1 N–H and O–H groups in total. The molecule has 0 atom stereocenters. The second-order valence-electron chi connectivity index (χ2n) is 3.67.